The molecule has 0 atom stereocenters. The Morgan fingerprint density at radius 3 is 2.70 bits per heavy atom. The van der Waals surface area contributed by atoms with Crippen LogP contribution in [0.4, 0.5) is 0 Å². The first-order valence-electron chi connectivity index (χ1n) is 3.93. The molecule has 1 rings (SSSR count). The summed E-state index contributed by atoms with van der Waals surface area (Å²) in [4.78, 5) is 0. The summed E-state index contributed by atoms with van der Waals surface area (Å²) in [6.45, 7) is 2.79. The summed E-state index contributed by atoms with van der Waals surface area (Å²) in [6, 6.07) is 0. The minimum Gasteiger partial charge on any atom is -0.327 e. The van der Waals surface area contributed by atoms with E-state index in [2.05, 4.69) is 19.1 Å². The fourth-order valence-corrected chi connectivity index (χ4v) is 1.50. The monoisotopic (exact) mass is 137 g/mol. The number of nitrogens with two attached hydrogens (primary N) is 1. The van der Waals surface area contributed by atoms with Gasteiger partial charge in [-0.15, -0.1) is 0 Å². The quantitative estimate of drug-likeness (QED) is 0.587. The van der Waals surface area contributed by atoms with E-state index in [4.69, 9.17) is 5.73 Å². The van der Waals surface area contributed by atoms with Gasteiger partial charge >= 0.3 is 0 Å². The van der Waals surface area contributed by atoms with Crippen LogP contribution in [-0.2, 0) is 0 Å². The van der Waals surface area contributed by atoms with Crippen molar-refractivity contribution in [3.8, 4) is 0 Å². The Kier molecular flexibility index (Phi) is 2.69. The highest BCUT2D eigenvalue weighted by molar-refractivity contribution is 5.34. The van der Waals surface area contributed by atoms with Crippen LogP contribution in [0.1, 0.15) is 26.2 Å². The fraction of sp³-hybridized carbons (Fsp3) is 0.556. The molecule has 1 fully saturated rings. The predicted molar refractivity (Wildman–Crippen MR) is 44.7 cm³/mol. The van der Waals surface area contributed by atoms with Gasteiger partial charge in [-0.05, 0) is 37.3 Å². The van der Waals surface area contributed by atoms with Gasteiger partial charge in [-0.1, -0.05) is 12.2 Å². The molecule has 0 unspecified atom stereocenters. The number of hydrogen-bond acceptors (Lipinski definition) is 1. The largest absolute Gasteiger partial charge is 0.327 e. The molecule has 0 saturated heterocycles. The minimum atomic E-state index is 0.687. The van der Waals surface area contributed by atoms with Crippen molar-refractivity contribution in [2.24, 2.45) is 5.73 Å². The van der Waals surface area contributed by atoms with Crippen molar-refractivity contribution >= 4 is 0 Å². The normalized spacial score (nSPS) is 26.6. The Labute approximate surface area is 62.6 Å². The van der Waals surface area contributed by atoms with Crippen molar-refractivity contribution in [1.82, 2.24) is 0 Å². The Morgan fingerprint density at radius 1 is 1.40 bits per heavy atom. The molecule has 1 aliphatic carbocycles. The maximum Gasteiger partial charge on any atom is 0.0112 e. The van der Waals surface area contributed by atoms with Gasteiger partial charge in [-0.3, -0.25) is 0 Å². The summed E-state index contributed by atoms with van der Waals surface area (Å²) >= 11 is 0. The van der Waals surface area contributed by atoms with Crippen LogP contribution in [0.25, 0.3) is 0 Å². The lowest BCUT2D eigenvalue weighted by molar-refractivity contribution is 0.930. The van der Waals surface area contributed by atoms with Gasteiger partial charge in [0.05, 0.1) is 0 Å². The molecule has 0 amide bonds. The van der Waals surface area contributed by atoms with E-state index in [0.29, 0.717) is 6.54 Å². The molecule has 1 saturated carbocycles. The van der Waals surface area contributed by atoms with Gasteiger partial charge in [0.2, 0.25) is 0 Å². The molecule has 0 bridgehead atoms. The Bertz CT molecular complexity index is 166. The molecule has 0 aromatic heterocycles. The maximum absolute atomic E-state index is 5.42. The third-order valence-corrected chi connectivity index (χ3v) is 2.02. The summed E-state index contributed by atoms with van der Waals surface area (Å²) in [6.07, 6.45) is 8.14. The molecule has 0 aromatic rings. The van der Waals surface area contributed by atoms with E-state index in [1.807, 2.05) is 0 Å². The van der Waals surface area contributed by atoms with E-state index in [1.165, 1.54) is 30.4 Å². The van der Waals surface area contributed by atoms with E-state index in [1.54, 1.807) is 0 Å². The van der Waals surface area contributed by atoms with E-state index in [-0.39, 0.29) is 0 Å². The SMILES string of the molecule is C/C=C1/CCC/C1=C/CN. The summed E-state index contributed by atoms with van der Waals surface area (Å²) in [7, 11) is 0. The van der Waals surface area contributed by atoms with Crippen LogP contribution in [0, 0.1) is 0 Å². The summed E-state index contributed by atoms with van der Waals surface area (Å²) in [5.74, 6) is 0. The lowest BCUT2D eigenvalue weighted by atomic mass is 10.1. The second kappa shape index (κ2) is 3.57. The minimum absolute atomic E-state index is 0.687. The standard InChI is InChI=1S/C9H15N/c1-2-8-4-3-5-9(8)6-7-10/h2,6H,3-5,7,10H2,1H3/b8-2-,9-6-. The van der Waals surface area contributed by atoms with Crippen LogP contribution in [-0.4, -0.2) is 6.54 Å². The van der Waals surface area contributed by atoms with Crippen LogP contribution < -0.4 is 5.73 Å². The Hall–Kier alpha value is -0.560. The molecule has 0 heterocycles. The van der Waals surface area contributed by atoms with Gasteiger partial charge in [-0.2, -0.15) is 0 Å². The van der Waals surface area contributed by atoms with Gasteiger partial charge in [0.1, 0.15) is 0 Å². The number of hydrogen-bond donors (Lipinski definition) is 1. The first-order chi connectivity index (χ1) is 4.88. The highest BCUT2D eigenvalue weighted by Crippen LogP contribution is 2.29. The van der Waals surface area contributed by atoms with Crippen molar-refractivity contribution in [3.63, 3.8) is 0 Å². The molecule has 0 radical (unpaired) electrons. The molecule has 1 aliphatic rings. The maximum atomic E-state index is 5.42. The molecule has 1 heteroatoms. The molecule has 0 aliphatic heterocycles. The van der Waals surface area contributed by atoms with Crippen molar-refractivity contribution < 1.29 is 0 Å². The third kappa shape index (κ3) is 1.48. The van der Waals surface area contributed by atoms with Crippen molar-refractivity contribution in [3.05, 3.63) is 23.3 Å². The third-order valence-electron chi connectivity index (χ3n) is 2.02. The predicted octanol–water partition coefficient (Wildman–Crippen LogP) is 2.00. The van der Waals surface area contributed by atoms with Gasteiger partial charge in [0.25, 0.3) is 0 Å². The van der Waals surface area contributed by atoms with Crippen LogP contribution >= 0.6 is 0 Å². The van der Waals surface area contributed by atoms with Crippen LogP contribution in [0.2, 0.25) is 0 Å². The van der Waals surface area contributed by atoms with Crippen molar-refractivity contribution in [1.29, 1.82) is 0 Å². The highest BCUT2D eigenvalue weighted by atomic mass is 14.5. The molecule has 0 spiro atoms. The van der Waals surface area contributed by atoms with Crippen molar-refractivity contribution in [2.75, 3.05) is 6.54 Å². The first kappa shape index (κ1) is 7.55. The molecule has 0 aromatic carbocycles. The van der Waals surface area contributed by atoms with Gasteiger partial charge in [-0.25, -0.2) is 0 Å². The molecular weight excluding hydrogens is 122 g/mol. The fourth-order valence-electron chi connectivity index (χ4n) is 1.50. The number of rotatable bonds is 1. The summed E-state index contributed by atoms with van der Waals surface area (Å²) in [5.41, 5.74) is 8.40. The second-order valence-corrected chi connectivity index (χ2v) is 2.63. The zero-order valence-electron chi connectivity index (χ0n) is 6.56. The Morgan fingerprint density at radius 2 is 2.10 bits per heavy atom. The van der Waals surface area contributed by atoms with E-state index in [9.17, 15) is 0 Å². The average molecular weight is 137 g/mol. The average Bonchev–Trinajstić information content (AvgIpc) is 2.36. The lowest BCUT2D eigenvalue weighted by Gasteiger charge is -1.96. The highest BCUT2D eigenvalue weighted by Gasteiger charge is 2.10. The zero-order valence-corrected chi connectivity index (χ0v) is 6.56. The molecular formula is C9H15N. The zero-order chi connectivity index (χ0) is 7.40. The smallest absolute Gasteiger partial charge is 0.0112 e. The summed E-state index contributed by atoms with van der Waals surface area (Å²) in [5, 5.41) is 0. The topological polar surface area (TPSA) is 26.0 Å². The molecule has 56 valence electrons. The van der Waals surface area contributed by atoms with Gasteiger partial charge < -0.3 is 5.73 Å². The lowest BCUT2D eigenvalue weighted by Crippen LogP contribution is -1.94. The molecule has 2 N–H and O–H groups in total. The van der Waals surface area contributed by atoms with Crippen molar-refractivity contribution in [2.45, 2.75) is 26.2 Å². The van der Waals surface area contributed by atoms with Gasteiger partial charge in [0.15, 0.2) is 0 Å². The molecule has 10 heavy (non-hydrogen) atoms. The second-order valence-electron chi connectivity index (χ2n) is 2.63. The van der Waals surface area contributed by atoms with Crippen LogP contribution in [0.3, 0.4) is 0 Å². The summed E-state index contributed by atoms with van der Waals surface area (Å²) < 4.78 is 0. The number of allylic oxidation sites excluding steroid dienone is 3. The molecule has 1 nitrogen and oxygen atoms in total. The first-order valence-corrected chi connectivity index (χ1v) is 3.93. The van der Waals surface area contributed by atoms with E-state index in [0.717, 1.165) is 0 Å². The van der Waals surface area contributed by atoms with Gasteiger partial charge in [0, 0.05) is 6.54 Å². The van der Waals surface area contributed by atoms with E-state index < -0.39 is 0 Å². The van der Waals surface area contributed by atoms with Crippen LogP contribution in [0.15, 0.2) is 23.3 Å². The Balaban J connectivity index is 2.68. The van der Waals surface area contributed by atoms with E-state index >= 15 is 0 Å². The van der Waals surface area contributed by atoms with Crippen LogP contribution in [0.5, 0.6) is 0 Å².